The molecule has 0 heterocycles. The van der Waals surface area contributed by atoms with Crippen molar-refractivity contribution >= 4 is 11.7 Å². The summed E-state index contributed by atoms with van der Waals surface area (Å²) in [6.45, 7) is 4.96. The van der Waals surface area contributed by atoms with E-state index in [4.69, 9.17) is 0 Å². The molecule has 1 aromatic carbocycles. The number of nitrogens with one attached hydrogen (secondary N) is 2. The summed E-state index contributed by atoms with van der Waals surface area (Å²) in [6.07, 6.45) is 7.44. The minimum atomic E-state index is -0.108. The molecule has 0 aliphatic heterocycles. The highest BCUT2D eigenvalue weighted by molar-refractivity contribution is 5.89. The van der Waals surface area contributed by atoms with Gasteiger partial charge in [0.05, 0.1) is 0 Å². The summed E-state index contributed by atoms with van der Waals surface area (Å²) in [5.41, 5.74) is 1.96. The summed E-state index contributed by atoms with van der Waals surface area (Å²) in [4.78, 5) is 11.7. The molecule has 0 aliphatic carbocycles. The van der Waals surface area contributed by atoms with Crippen LogP contribution in [0.15, 0.2) is 24.3 Å². The molecule has 0 bridgehead atoms. The Kier molecular flexibility index (Phi) is 7.71. The fraction of sp³-hybridized carbons (Fsp3) is 0.562. The lowest BCUT2D eigenvalue weighted by molar-refractivity contribution is 0.252. The average Bonchev–Trinajstić information content (AvgIpc) is 2.40. The second-order valence-corrected chi connectivity index (χ2v) is 4.96. The van der Waals surface area contributed by atoms with Crippen LogP contribution in [0.5, 0.6) is 0 Å². The van der Waals surface area contributed by atoms with E-state index in [0.717, 1.165) is 24.2 Å². The first-order chi connectivity index (χ1) is 9.24. The van der Waals surface area contributed by atoms with Gasteiger partial charge in [-0.15, -0.1) is 0 Å². The summed E-state index contributed by atoms with van der Waals surface area (Å²) in [7, 11) is 0. The second kappa shape index (κ2) is 9.42. The molecule has 0 saturated carbocycles. The first kappa shape index (κ1) is 15.5. The zero-order valence-corrected chi connectivity index (χ0v) is 12.2. The Morgan fingerprint density at radius 1 is 1.05 bits per heavy atom. The van der Waals surface area contributed by atoms with E-state index in [1.165, 1.54) is 32.1 Å². The van der Waals surface area contributed by atoms with Crippen LogP contribution in [0.25, 0.3) is 0 Å². The highest BCUT2D eigenvalue weighted by Gasteiger charge is 2.02. The van der Waals surface area contributed by atoms with Crippen LogP contribution < -0.4 is 10.6 Å². The smallest absolute Gasteiger partial charge is 0.319 e. The Morgan fingerprint density at radius 2 is 1.74 bits per heavy atom. The van der Waals surface area contributed by atoms with E-state index in [9.17, 15) is 4.79 Å². The van der Waals surface area contributed by atoms with Crippen LogP contribution in [0.1, 0.15) is 51.0 Å². The quantitative estimate of drug-likeness (QED) is 0.666. The summed E-state index contributed by atoms with van der Waals surface area (Å²) in [5.74, 6) is 0. The molecular weight excluding hydrogens is 236 g/mol. The fourth-order valence-electron chi connectivity index (χ4n) is 1.99. The second-order valence-electron chi connectivity index (χ2n) is 4.96. The molecule has 0 aromatic heterocycles. The largest absolute Gasteiger partial charge is 0.338 e. The van der Waals surface area contributed by atoms with Crippen molar-refractivity contribution in [3.8, 4) is 0 Å². The van der Waals surface area contributed by atoms with Gasteiger partial charge in [-0.3, -0.25) is 0 Å². The van der Waals surface area contributed by atoms with E-state index in [-0.39, 0.29) is 6.03 Å². The molecule has 0 saturated heterocycles. The van der Waals surface area contributed by atoms with Crippen LogP contribution in [0.3, 0.4) is 0 Å². The van der Waals surface area contributed by atoms with Gasteiger partial charge in [-0.1, -0.05) is 57.2 Å². The van der Waals surface area contributed by atoms with E-state index in [1.807, 2.05) is 31.2 Å². The van der Waals surface area contributed by atoms with Crippen molar-refractivity contribution in [1.29, 1.82) is 0 Å². The normalized spacial score (nSPS) is 10.2. The van der Waals surface area contributed by atoms with Gasteiger partial charge >= 0.3 is 6.03 Å². The van der Waals surface area contributed by atoms with Crippen LogP contribution in [-0.4, -0.2) is 12.6 Å². The first-order valence-electron chi connectivity index (χ1n) is 7.34. The van der Waals surface area contributed by atoms with Crippen LogP contribution in [0.4, 0.5) is 10.5 Å². The number of rotatable bonds is 8. The van der Waals surface area contributed by atoms with Gasteiger partial charge in [0.2, 0.25) is 0 Å². The van der Waals surface area contributed by atoms with E-state index < -0.39 is 0 Å². The van der Waals surface area contributed by atoms with Crippen molar-refractivity contribution in [1.82, 2.24) is 5.32 Å². The molecule has 3 heteroatoms. The van der Waals surface area contributed by atoms with Crippen LogP contribution in [0, 0.1) is 6.92 Å². The Labute approximate surface area is 116 Å². The van der Waals surface area contributed by atoms with Crippen molar-refractivity contribution in [3.05, 3.63) is 29.8 Å². The number of benzene rings is 1. The van der Waals surface area contributed by atoms with Crippen LogP contribution in [0.2, 0.25) is 0 Å². The highest BCUT2D eigenvalue weighted by Crippen LogP contribution is 2.12. The third-order valence-electron chi connectivity index (χ3n) is 3.21. The number of hydrogen-bond donors (Lipinski definition) is 2. The van der Waals surface area contributed by atoms with Crippen molar-refractivity contribution in [3.63, 3.8) is 0 Å². The third-order valence-corrected chi connectivity index (χ3v) is 3.21. The Morgan fingerprint density at radius 3 is 2.47 bits per heavy atom. The van der Waals surface area contributed by atoms with Crippen molar-refractivity contribution in [2.24, 2.45) is 0 Å². The molecule has 2 N–H and O–H groups in total. The lowest BCUT2D eigenvalue weighted by atomic mass is 10.1. The zero-order chi connectivity index (χ0) is 13.9. The van der Waals surface area contributed by atoms with Crippen molar-refractivity contribution < 1.29 is 4.79 Å². The number of carbonyl (C=O) groups excluding carboxylic acids is 1. The Hall–Kier alpha value is -1.51. The number of amides is 2. The first-order valence-corrected chi connectivity index (χ1v) is 7.34. The van der Waals surface area contributed by atoms with E-state index in [0.29, 0.717) is 0 Å². The van der Waals surface area contributed by atoms with Gasteiger partial charge in [0.1, 0.15) is 0 Å². The fourth-order valence-corrected chi connectivity index (χ4v) is 1.99. The van der Waals surface area contributed by atoms with E-state index >= 15 is 0 Å². The summed E-state index contributed by atoms with van der Waals surface area (Å²) >= 11 is 0. The van der Waals surface area contributed by atoms with Crippen molar-refractivity contribution in [2.45, 2.75) is 52.4 Å². The molecule has 1 rings (SSSR count). The number of hydrogen-bond acceptors (Lipinski definition) is 1. The molecule has 0 radical (unpaired) electrons. The molecule has 0 aliphatic rings. The number of aryl methyl sites for hydroxylation is 1. The molecular formula is C16H26N2O. The number of para-hydroxylation sites is 1. The number of carbonyl (C=O) groups is 1. The predicted molar refractivity (Wildman–Crippen MR) is 81.6 cm³/mol. The SMILES string of the molecule is CCCCCCCCNC(=O)Nc1ccccc1C. The maximum absolute atomic E-state index is 11.7. The lowest BCUT2D eigenvalue weighted by Gasteiger charge is -2.09. The van der Waals surface area contributed by atoms with Crippen LogP contribution >= 0.6 is 0 Å². The summed E-state index contributed by atoms with van der Waals surface area (Å²) in [5, 5.41) is 5.77. The van der Waals surface area contributed by atoms with Gasteiger partial charge < -0.3 is 10.6 Å². The van der Waals surface area contributed by atoms with Gasteiger partial charge in [-0.25, -0.2) is 4.79 Å². The maximum Gasteiger partial charge on any atom is 0.319 e. The number of unbranched alkanes of at least 4 members (excludes halogenated alkanes) is 5. The van der Waals surface area contributed by atoms with Gasteiger partial charge in [-0.2, -0.15) is 0 Å². The number of urea groups is 1. The summed E-state index contributed by atoms with van der Waals surface area (Å²) in [6, 6.07) is 7.69. The van der Waals surface area contributed by atoms with E-state index in [1.54, 1.807) is 0 Å². The van der Waals surface area contributed by atoms with Gasteiger partial charge in [0, 0.05) is 12.2 Å². The molecule has 0 unspecified atom stereocenters. The van der Waals surface area contributed by atoms with Gasteiger partial charge in [0.15, 0.2) is 0 Å². The minimum Gasteiger partial charge on any atom is -0.338 e. The molecule has 19 heavy (non-hydrogen) atoms. The maximum atomic E-state index is 11.7. The molecule has 106 valence electrons. The zero-order valence-electron chi connectivity index (χ0n) is 12.2. The number of anilines is 1. The monoisotopic (exact) mass is 262 g/mol. The molecule has 1 aromatic rings. The summed E-state index contributed by atoms with van der Waals surface area (Å²) < 4.78 is 0. The van der Waals surface area contributed by atoms with Gasteiger partial charge in [0.25, 0.3) is 0 Å². The Bertz CT molecular complexity index is 377. The molecule has 0 spiro atoms. The van der Waals surface area contributed by atoms with E-state index in [2.05, 4.69) is 17.6 Å². The topological polar surface area (TPSA) is 41.1 Å². The molecule has 3 nitrogen and oxygen atoms in total. The Balaban J connectivity index is 2.10. The highest BCUT2D eigenvalue weighted by atomic mass is 16.2. The average molecular weight is 262 g/mol. The third kappa shape index (κ3) is 6.85. The molecule has 0 atom stereocenters. The standard InChI is InChI=1S/C16H26N2O/c1-3-4-5-6-7-10-13-17-16(19)18-15-12-9-8-11-14(15)2/h8-9,11-12H,3-7,10,13H2,1-2H3,(H2,17,18,19). The lowest BCUT2D eigenvalue weighted by Crippen LogP contribution is -2.29. The van der Waals surface area contributed by atoms with Crippen molar-refractivity contribution in [2.75, 3.05) is 11.9 Å². The predicted octanol–water partition coefficient (Wildman–Crippen LogP) is 4.48. The minimum absolute atomic E-state index is 0.108. The molecule has 2 amide bonds. The molecule has 0 fully saturated rings. The van der Waals surface area contributed by atoms with Crippen LogP contribution in [-0.2, 0) is 0 Å². The van der Waals surface area contributed by atoms with Gasteiger partial charge in [-0.05, 0) is 25.0 Å².